The molecule has 1 aliphatic rings. The molecule has 1 aromatic rings. The quantitative estimate of drug-likeness (QED) is 0.400. The highest BCUT2D eigenvalue weighted by Gasteiger charge is 2.29. The summed E-state index contributed by atoms with van der Waals surface area (Å²) in [6, 6.07) is 7.98. The van der Waals surface area contributed by atoms with Gasteiger partial charge in [-0.05, 0) is 49.6 Å². The third-order valence-electron chi connectivity index (χ3n) is 4.34. The summed E-state index contributed by atoms with van der Waals surface area (Å²) < 4.78 is 11.2. The summed E-state index contributed by atoms with van der Waals surface area (Å²) in [7, 11) is 3.49. The van der Waals surface area contributed by atoms with Crippen LogP contribution in [-0.2, 0) is 11.3 Å². The molecule has 1 heterocycles. The fraction of sp³-hybridized carbons (Fsp3) is 0.632. The van der Waals surface area contributed by atoms with Crippen molar-refractivity contribution >= 4 is 17.7 Å². The molecule has 0 bridgehead atoms. The molecule has 1 aliphatic heterocycles. The smallest absolute Gasteiger partial charge is 0.191 e. The molecule has 6 heteroatoms. The zero-order valence-corrected chi connectivity index (χ0v) is 16.5. The van der Waals surface area contributed by atoms with Gasteiger partial charge in [-0.15, -0.1) is 0 Å². The van der Waals surface area contributed by atoms with E-state index in [2.05, 4.69) is 34.3 Å². The van der Waals surface area contributed by atoms with E-state index in [4.69, 9.17) is 9.47 Å². The first-order valence-electron chi connectivity index (χ1n) is 8.94. The van der Waals surface area contributed by atoms with Gasteiger partial charge in [-0.2, -0.15) is 11.8 Å². The Morgan fingerprint density at radius 1 is 1.28 bits per heavy atom. The second kappa shape index (κ2) is 10.6. The molecular formula is C19H31N3O2S. The van der Waals surface area contributed by atoms with Gasteiger partial charge in [0.25, 0.3) is 0 Å². The summed E-state index contributed by atoms with van der Waals surface area (Å²) in [5, 5.41) is 6.80. The highest BCUT2D eigenvalue weighted by atomic mass is 32.2. The lowest BCUT2D eigenvalue weighted by Gasteiger charge is -2.24. The molecule has 0 saturated carbocycles. The molecule has 2 N–H and O–H groups in total. The number of methoxy groups -OCH3 is 1. The second-order valence-corrected chi connectivity index (χ2v) is 8.19. The van der Waals surface area contributed by atoms with E-state index >= 15 is 0 Å². The first-order valence-corrected chi connectivity index (χ1v) is 9.93. The van der Waals surface area contributed by atoms with Crippen LogP contribution in [0.3, 0.4) is 0 Å². The van der Waals surface area contributed by atoms with Gasteiger partial charge < -0.3 is 20.1 Å². The van der Waals surface area contributed by atoms with E-state index in [9.17, 15) is 0 Å². The molecule has 5 nitrogen and oxygen atoms in total. The Bertz CT molecular complexity index is 528. The van der Waals surface area contributed by atoms with Gasteiger partial charge in [0.15, 0.2) is 5.96 Å². The van der Waals surface area contributed by atoms with Crippen molar-refractivity contribution in [1.82, 2.24) is 10.6 Å². The normalized spacial score (nSPS) is 20.5. The van der Waals surface area contributed by atoms with Crippen LogP contribution in [0, 0.1) is 0 Å². The van der Waals surface area contributed by atoms with Crippen LogP contribution in [0.4, 0.5) is 0 Å². The lowest BCUT2D eigenvalue weighted by Crippen LogP contribution is -2.44. The van der Waals surface area contributed by atoms with Crippen molar-refractivity contribution in [3.63, 3.8) is 0 Å². The zero-order chi connectivity index (χ0) is 18.0. The predicted molar refractivity (Wildman–Crippen MR) is 107 cm³/mol. The zero-order valence-electron chi connectivity index (χ0n) is 15.6. The number of nitrogens with one attached hydrogen (secondary N) is 2. The largest absolute Gasteiger partial charge is 0.497 e. The van der Waals surface area contributed by atoms with E-state index in [1.165, 1.54) is 18.6 Å². The molecule has 1 unspecified atom stereocenters. The number of ether oxygens (including phenoxy) is 2. The number of hydrogen-bond donors (Lipinski definition) is 2. The Morgan fingerprint density at radius 2 is 2.08 bits per heavy atom. The van der Waals surface area contributed by atoms with Gasteiger partial charge in [0.1, 0.15) is 5.75 Å². The summed E-state index contributed by atoms with van der Waals surface area (Å²) in [4.78, 5) is 4.29. The van der Waals surface area contributed by atoms with Gasteiger partial charge in [-0.3, -0.25) is 4.99 Å². The van der Waals surface area contributed by atoms with E-state index in [0.717, 1.165) is 43.4 Å². The molecule has 1 fully saturated rings. The number of aliphatic imine (C=N–C) groups is 1. The van der Waals surface area contributed by atoms with Crippen molar-refractivity contribution in [2.24, 2.45) is 4.99 Å². The third kappa shape index (κ3) is 7.16. The first kappa shape index (κ1) is 19.9. The number of guanidine groups is 1. The van der Waals surface area contributed by atoms with Crippen molar-refractivity contribution in [1.29, 1.82) is 0 Å². The monoisotopic (exact) mass is 365 g/mol. The number of hydrogen-bond acceptors (Lipinski definition) is 4. The van der Waals surface area contributed by atoms with E-state index in [0.29, 0.717) is 11.4 Å². The number of benzene rings is 1. The standard InChI is InChI=1S/C19H31N3O2S/c1-19(10-4-13-25-19)15-22-18(20-2)21-11-5-12-24-14-16-6-8-17(23-3)9-7-16/h6-9H,4-5,10-15H2,1-3H3,(H2,20,21,22). The van der Waals surface area contributed by atoms with Crippen LogP contribution in [0.5, 0.6) is 5.75 Å². The van der Waals surface area contributed by atoms with Crippen LogP contribution in [0.1, 0.15) is 31.7 Å². The number of nitrogens with zero attached hydrogens (tertiary/aromatic N) is 1. The lowest BCUT2D eigenvalue weighted by atomic mass is 10.1. The molecule has 0 amide bonds. The maximum atomic E-state index is 5.72. The average Bonchev–Trinajstić information content (AvgIpc) is 3.08. The van der Waals surface area contributed by atoms with Gasteiger partial charge >= 0.3 is 0 Å². The highest BCUT2D eigenvalue weighted by molar-refractivity contribution is 8.00. The third-order valence-corrected chi connectivity index (χ3v) is 5.88. The maximum absolute atomic E-state index is 5.72. The molecule has 2 rings (SSSR count). The Balaban J connectivity index is 1.54. The van der Waals surface area contributed by atoms with Crippen LogP contribution in [0.2, 0.25) is 0 Å². The van der Waals surface area contributed by atoms with E-state index in [-0.39, 0.29) is 0 Å². The minimum Gasteiger partial charge on any atom is -0.497 e. The molecule has 0 aromatic heterocycles. The van der Waals surface area contributed by atoms with Crippen LogP contribution >= 0.6 is 11.8 Å². The van der Waals surface area contributed by atoms with Gasteiger partial charge in [0.05, 0.1) is 13.7 Å². The molecule has 0 aliphatic carbocycles. The van der Waals surface area contributed by atoms with E-state index in [1.807, 2.05) is 31.3 Å². The number of rotatable bonds is 9. The Hall–Kier alpha value is -1.40. The summed E-state index contributed by atoms with van der Waals surface area (Å²) in [5.74, 6) is 3.02. The summed E-state index contributed by atoms with van der Waals surface area (Å²) in [5.41, 5.74) is 1.16. The number of thioether (sulfide) groups is 1. The first-order chi connectivity index (χ1) is 12.1. The summed E-state index contributed by atoms with van der Waals surface area (Å²) in [6.07, 6.45) is 3.55. The van der Waals surface area contributed by atoms with Gasteiger partial charge in [-0.1, -0.05) is 12.1 Å². The Kier molecular flexibility index (Phi) is 8.41. The maximum Gasteiger partial charge on any atom is 0.191 e. The molecule has 25 heavy (non-hydrogen) atoms. The lowest BCUT2D eigenvalue weighted by molar-refractivity contribution is 0.119. The van der Waals surface area contributed by atoms with Crippen molar-refractivity contribution in [3.05, 3.63) is 29.8 Å². The van der Waals surface area contributed by atoms with Crippen molar-refractivity contribution < 1.29 is 9.47 Å². The predicted octanol–water partition coefficient (Wildman–Crippen LogP) is 3.05. The molecule has 140 valence electrons. The molecule has 1 aromatic carbocycles. The van der Waals surface area contributed by atoms with Crippen LogP contribution in [-0.4, -0.2) is 50.3 Å². The summed E-state index contributed by atoms with van der Waals surface area (Å²) in [6.45, 7) is 5.51. The average molecular weight is 366 g/mol. The minimum absolute atomic E-state index is 0.346. The molecule has 1 atom stereocenters. The molecule has 0 radical (unpaired) electrons. The minimum atomic E-state index is 0.346. The van der Waals surface area contributed by atoms with Gasteiger partial charge in [0, 0.05) is 31.5 Å². The molecule has 0 spiro atoms. The fourth-order valence-corrected chi connectivity index (χ4v) is 4.00. The second-order valence-electron chi connectivity index (χ2n) is 6.51. The SMILES string of the molecule is CN=C(NCCCOCc1ccc(OC)cc1)NCC1(C)CCCS1. The van der Waals surface area contributed by atoms with Crippen LogP contribution < -0.4 is 15.4 Å². The summed E-state index contributed by atoms with van der Waals surface area (Å²) >= 11 is 2.06. The van der Waals surface area contributed by atoms with Crippen molar-refractivity contribution in [3.8, 4) is 5.75 Å². The fourth-order valence-electron chi connectivity index (χ4n) is 2.76. The van der Waals surface area contributed by atoms with Crippen molar-refractivity contribution in [2.75, 3.05) is 39.6 Å². The van der Waals surface area contributed by atoms with Gasteiger partial charge in [-0.25, -0.2) is 0 Å². The molecule has 1 saturated heterocycles. The van der Waals surface area contributed by atoms with Crippen LogP contribution in [0.25, 0.3) is 0 Å². The van der Waals surface area contributed by atoms with E-state index < -0.39 is 0 Å². The Labute approximate surface area is 156 Å². The topological polar surface area (TPSA) is 54.9 Å². The van der Waals surface area contributed by atoms with Gasteiger partial charge in [0.2, 0.25) is 0 Å². The Morgan fingerprint density at radius 3 is 2.72 bits per heavy atom. The highest BCUT2D eigenvalue weighted by Crippen LogP contribution is 2.36. The molecular weight excluding hydrogens is 334 g/mol. The van der Waals surface area contributed by atoms with Crippen LogP contribution in [0.15, 0.2) is 29.3 Å². The van der Waals surface area contributed by atoms with E-state index in [1.54, 1.807) is 7.11 Å². The van der Waals surface area contributed by atoms with Crippen molar-refractivity contribution in [2.45, 2.75) is 37.5 Å².